The van der Waals surface area contributed by atoms with Crippen LogP contribution in [0.25, 0.3) is 0 Å². The van der Waals surface area contributed by atoms with Crippen molar-refractivity contribution in [3.8, 4) is 5.88 Å². The van der Waals surface area contributed by atoms with E-state index in [4.69, 9.17) is 16.3 Å². The molecule has 1 aromatic carbocycles. The van der Waals surface area contributed by atoms with Gasteiger partial charge < -0.3 is 15.4 Å². The van der Waals surface area contributed by atoms with Crippen molar-refractivity contribution in [2.75, 3.05) is 23.8 Å². The fourth-order valence-corrected chi connectivity index (χ4v) is 3.66. The second-order valence-corrected chi connectivity index (χ2v) is 8.09. The number of anilines is 3. The summed E-state index contributed by atoms with van der Waals surface area (Å²) in [6.45, 7) is 5.99. The number of pyridine rings is 1. The van der Waals surface area contributed by atoms with Gasteiger partial charge in [-0.2, -0.15) is 4.98 Å². The lowest BCUT2D eigenvalue weighted by atomic mass is 9.91. The summed E-state index contributed by atoms with van der Waals surface area (Å²) in [5, 5.41) is 6.03. The molecule has 2 aromatic rings. The number of aromatic nitrogens is 1. The summed E-state index contributed by atoms with van der Waals surface area (Å²) in [5.41, 5.74) is 0.0466. The lowest BCUT2D eigenvalue weighted by Crippen LogP contribution is -2.53. The van der Waals surface area contributed by atoms with Crippen molar-refractivity contribution in [3.05, 3.63) is 41.4 Å². The van der Waals surface area contributed by atoms with Crippen LogP contribution in [0.5, 0.6) is 5.88 Å². The Labute approximate surface area is 175 Å². The topological polar surface area (TPSA) is 83.6 Å². The summed E-state index contributed by atoms with van der Waals surface area (Å²) in [4.78, 5) is 31.4. The molecule has 29 heavy (non-hydrogen) atoms. The monoisotopic (exact) mass is 416 g/mol. The smallest absolute Gasteiger partial charge is 0.275 e. The quantitative estimate of drug-likeness (QED) is 0.749. The Morgan fingerprint density at radius 3 is 2.72 bits per heavy atom. The maximum absolute atomic E-state index is 13.5. The summed E-state index contributed by atoms with van der Waals surface area (Å²) in [6, 6.07) is 10.4. The molecule has 0 saturated carbocycles. The summed E-state index contributed by atoms with van der Waals surface area (Å²) in [5.74, 6) is 0.467. The minimum atomic E-state index is -1.09. The number of carbonyl (C=O) groups is 2. The zero-order valence-electron chi connectivity index (χ0n) is 17.0. The Kier molecular flexibility index (Phi) is 6.10. The first-order valence-electron chi connectivity index (χ1n) is 9.48. The molecule has 2 N–H and O–H groups in total. The van der Waals surface area contributed by atoms with Crippen LogP contribution in [-0.4, -0.2) is 36.0 Å². The van der Waals surface area contributed by atoms with Gasteiger partial charge in [0.05, 0.1) is 12.2 Å². The van der Waals surface area contributed by atoms with E-state index in [1.54, 1.807) is 49.2 Å². The fourth-order valence-electron chi connectivity index (χ4n) is 3.48. The van der Waals surface area contributed by atoms with Crippen molar-refractivity contribution in [2.45, 2.75) is 32.8 Å². The van der Waals surface area contributed by atoms with Crippen molar-refractivity contribution in [3.63, 3.8) is 0 Å². The Hall–Kier alpha value is -2.64. The van der Waals surface area contributed by atoms with Crippen LogP contribution in [-0.2, 0) is 9.59 Å². The predicted molar refractivity (Wildman–Crippen MR) is 114 cm³/mol. The number of ether oxygens (including phenoxy) is 1. The Morgan fingerprint density at radius 1 is 1.31 bits per heavy atom. The van der Waals surface area contributed by atoms with Gasteiger partial charge in [-0.25, -0.2) is 0 Å². The normalized spacial score (nSPS) is 18.4. The second kappa shape index (κ2) is 8.39. The zero-order chi connectivity index (χ0) is 21.2. The largest absolute Gasteiger partial charge is 0.460 e. The van der Waals surface area contributed by atoms with Gasteiger partial charge in [0, 0.05) is 5.02 Å². The van der Waals surface area contributed by atoms with Gasteiger partial charge >= 0.3 is 0 Å². The average molecular weight is 417 g/mol. The molecule has 2 amide bonds. The first kappa shape index (κ1) is 21.1. The van der Waals surface area contributed by atoms with Crippen LogP contribution >= 0.6 is 11.6 Å². The highest BCUT2D eigenvalue weighted by Crippen LogP contribution is 2.43. The third kappa shape index (κ3) is 4.52. The number of carbonyl (C=O) groups excluding carboxylic acids is 2. The van der Waals surface area contributed by atoms with Crippen molar-refractivity contribution >= 4 is 40.6 Å². The molecule has 0 aliphatic carbocycles. The van der Waals surface area contributed by atoms with E-state index < -0.39 is 5.60 Å². The van der Waals surface area contributed by atoms with Gasteiger partial charge in [-0.15, -0.1) is 0 Å². The Balaban J connectivity index is 2.07. The van der Waals surface area contributed by atoms with Crippen LogP contribution < -0.4 is 20.3 Å². The molecular formula is C21H25ClN4O3. The van der Waals surface area contributed by atoms with E-state index in [1.165, 1.54) is 0 Å². The van der Waals surface area contributed by atoms with Crippen LogP contribution in [0.15, 0.2) is 36.4 Å². The molecule has 0 bridgehead atoms. The van der Waals surface area contributed by atoms with E-state index in [1.807, 2.05) is 19.9 Å². The molecular weight excluding hydrogens is 392 g/mol. The minimum Gasteiger partial charge on any atom is -0.460 e. The molecule has 1 aromatic heterocycles. The maximum atomic E-state index is 13.5. The molecule has 0 spiro atoms. The maximum Gasteiger partial charge on any atom is 0.275 e. The van der Waals surface area contributed by atoms with Gasteiger partial charge in [0.2, 0.25) is 11.8 Å². The number of nitrogens with one attached hydrogen (secondary N) is 2. The second-order valence-electron chi connectivity index (χ2n) is 7.65. The van der Waals surface area contributed by atoms with Crippen LogP contribution in [0.1, 0.15) is 27.2 Å². The zero-order valence-corrected chi connectivity index (χ0v) is 17.7. The van der Waals surface area contributed by atoms with Crippen LogP contribution in [0.4, 0.5) is 17.2 Å². The molecule has 8 heteroatoms. The van der Waals surface area contributed by atoms with Crippen LogP contribution in [0.2, 0.25) is 5.02 Å². The van der Waals surface area contributed by atoms with Crippen molar-refractivity contribution in [1.29, 1.82) is 0 Å². The van der Waals surface area contributed by atoms with Crippen LogP contribution in [0, 0.1) is 5.92 Å². The molecule has 0 saturated heterocycles. The van der Waals surface area contributed by atoms with Gasteiger partial charge in [0.15, 0.2) is 5.60 Å². The number of fused-ring (bicyclic) bond motifs is 1. The molecule has 0 fully saturated rings. The molecule has 1 aliphatic rings. The number of halogens is 1. The van der Waals surface area contributed by atoms with Crippen molar-refractivity contribution in [1.82, 2.24) is 10.3 Å². The number of likely N-dealkylation sites (N-methyl/N-ethyl adjacent to an activating group) is 1. The molecule has 2 heterocycles. The summed E-state index contributed by atoms with van der Waals surface area (Å²) in [6.07, 6.45) is 0.514. The summed E-state index contributed by atoms with van der Waals surface area (Å²) in [7, 11) is 1.69. The number of benzene rings is 1. The molecule has 154 valence electrons. The van der Waals surface area contributed by atoms with Crippen molar-refractivity contribution in [2.24, 2.45) is 5.92 Å². The SMILES string of the molecule is CNCC(=O)Nc1ccc2c(n1)OC(C)(CC(C)C)C(=O)N2c1cccc(Cl)c1. The highest BCUT2D eigenvalue weighted by atomic mass is 35.5. The minimum absolute atomic E-state index is 0.164. The summed E-state index contributed by atoms with van der Waals surface area (Å²) >= 11 is 6.17. The lowest BCUT2D eigenvalue weighted by molar-refractivity contribution is -0.134. The van der Waals surface area contributed by atoms with Crippen molar-refractivity contribution < 1.29 is 14.3 Å². The average Bonchev–Trinajstić information content (AvgIpc) is 2.62. The van der Waals surface area contributed by atoms with Gasteiger partial charge in [0.1, 0.15) is 11.5 Å². The van der Waals surface area contributed by atoms with E-state index in [0.29, 0.717) is 28.6 Å². The third-order valence-corrected chi connectivity index (χ3v) is 4.76. The molecule has 7 nitrogen and oxygen atoms in total. The van der Waals surface area contributed by atoms with E-state index in [2.05, 4.69) is 15.6 Å². The Bertz CT molecular complexity index is 934. The van der Waals surface area contributed by atoms with Gasteiger partial charge in [-0.3, -0.25) is 14.5 Å². The molecule has 1 unspecified atom stereocenters. The first-order chi connectivity index (χ1) is 13.7. The third-order valence-electron chi connectivity index (χ3n) is 4.53. The number of hydrogen-bond acceptors (Lipinski definition) is 5. The highest BCUT2D eigenvalue weighted by Gasteiger charge is 2.46. The van der Waals surface area contributed by atoms with E-state index in [9.17, 15) is 9.59 Å². The molecule has 0 radical (unpaired) electrons. The van der Waals surface area contributed by atoms with E-state index >= 15 is 0 Å². The van der Waals surface area contributed by atoms with Gasteiger partial charge in [0.25, 0.3) is 5.91 Å². The standard InChI is InChI=1S/C21H25ClN4O3/c1-13(2)11-21(3)20(28)26(15-7-5-6-14(22)10-15)16-8-9-17(25-19(16)29-21)24-18(27)12-23-4/h5-10,13,23H,11-12H2,1-4H3,(H,24,25,27). The van der Waals surface area contributed by atoms with E-state index in [-0.39, 0.29) is 30.2 Å². The van der Waals surface area contributed by atoms with Gasteiger partial charge in [-0.1, -0.05) is 31.5 Å². The fraction of sp³-hybridized carbons (Fsp3) is 0.381. The predicted octanol–water partition coefficient (Wildman–Crippen LogP) is 3.75. The first-order valence-corrected chi connectivity index (χ1v) is 9.86. The number of amides is 2. The number of rotatable bonds is 6. The highest BCUT2D eigenvalue weighted by molar-refractivity contribution is 6.31. The number of nitrogens with zero attached hydrogens (tertiary/aromatic N) is 2. The summed E-state index contributed by atoms with van der Waals surface area (Å²) < 4.78 is 6.10. The lowest BCUT2D eigenvalue weighted by Gasteiger charge is -2.40. The molecule has 1 atom stereocenters. The van der Waals surface area contributed by atoms with E-state index in [0.717, 1.165) is 0 Å². The Morgan fingerprint density at radius 2 is 2.07 bits per heavy atom. The van der Waals surface area contributed by atoms with Gasteiger partial charge in [-0.05, 0) is 56.6 Å². The molecule has 3 rings (SSSR count). The van der Waals surface area contributed by atoms with Crippen LogP contribution in [0.3, 0.4) is 0 Å². The number of hydrogen-bond donors (Lipinski definition) is 2. The molecule has 1 aliphatic heterocycles.